The van der Waals surface area contributed by atoms with Gasteiger partial charge in [0.1, 0.15) is 5.69 Å². The molecular weight excluding hydrogens is 213 g/mol. The molecule has 0 atom stereocenters. The molecule has 1 heterocycles. The number of halogens is 3. The van der Waals surface area contributed by atoms with Crippen molar-refractivity contribution in [1.29, 1.82) is 0 Å². The first-order chi connectivity index (χ1) is 6.86. The highest BCUT2D eigenvalue weighted by molar-refractivity contribution is 5.03. The van der Waals surface area contributed by atoms with Crippen LogP contribution < -0.4 is 11.2 Å². The molecule has 84 valence electrons. The van der Waals surface area contributed by atoms with Crippen molar-refractivity contribution < 1.29 is 13.2 Å². The second-order valence-electron chi connectivity index (χ2n) is 2.98. The minimum atomic E-state index is -4.70. The smallest absolute Gasteiger partial charge is 0.303 e. The van der Waals surface area contributed by atoms with Crippen LogP contribution in [0.3, 0.4) is 0 Å². The highest BCUT2D eigenvalue weighted by Gasteiger charge is 2.32. The summed E-state index contributed by atoms with van der Waals surface area (Å²) in [5, 5.41) is 0. The lowest BCUT2D eigenvalue weighted by Gasteiger charge is -2.07. The zero-order valence-electron chi connectivity index (χ0n) is 7.89. The third-order valence-electron chi connectivity index (χ3n) is 1.77. The maximum atomic E-state index is 12.1. The maximum Gasteiger partial charge on any atom is 0.431 e. The van der Waals surface area contributed by atoms with Crippen LogP contribution in [0, 0.1) is 0 Å². The Hall–Kier alpha value is -1.53. The molecule has 0 unspecified atom stereocenters. The van der Waals surface area contributed by atoms with Crippen LogP contribution in [-0.2, 0) is 12.7 Å². The minimum absolute atomic E-state index is 0.103. The average molecular weight is 222 g/mol. The lowest BCUT2D eigenvalue weighted by Crippen LogP contribution is -2.36. The summed E-state index contributed by atoms with van der Waals surface area (Å²) in [5.41, 5.74) is -3.28. The van der Waals surface area contributed by atoms with E-state index in [2.05, 4.69) is 0 Å². The topological polar surface area (TPSA) is 54.9 Å². The van der Waals surface area contributed by atoms with E-state index in [1.54, 1.807) is 11.9 Å². The number of hydrogen-bond acceptors (Lipinski definition) is 2. The van der Waals surface area contributed by atoms with E-state index in [1.807, 2.05) is 0 Å². The molecule has 1 N–H and O–H groups in total. The number of hydrogen-bond donors (Lipinski definition) is 1. The van der Waals surface area contributed by atoms with Gasteiger partial charge < -0.3 is 4.98 Å². The molecule has 0 aliphatic carbocycles. The van der Waals surface area contributed by atoms with Crippen LogP contribution in [0.4, 0.5) is 13.2 Å². The van der Waals surface area contributed by atoms with E-state index in [1.165, 1.54) is 0 Å². The van der Waals surface area contributed by atoms with Crippen molar-refractivity contribution in [3.63, 3.8) is 0 Å². The summed E-state index contributed by atoms with van der Waals surface area (Å²) in [7, 11) is 0. The molecule has 0 saturated carbocycles. The second kappa shape index (κ2) is 3.92. The predicted octanol–water partition coefficient (Wildman–Crippen LogP) is 0.965. The van der Waals surface area contributed by atoms with Crippen molar-refractivity contribution in [3.8, 4) is 0 Å². The van der Waals surface area contributed by atoms with Gasteiger partial charge in [-0.15, -0.1) is 0 Å². The number of alkyl halides is 3. The van der Waals surface area contributed by atoms with Gasteiger partial charge in [-0.1, -0.05) is 6.92 Å². The summed E-state index contributed by atoms with van der Waals surface area (Å²) in [5.74, 6) is 0. The van der Waals surface area contributed by atoms with Crippen LogP contribution >= 0.6 is 0 Å². The zero-order chi connectivity index (χ0) is 11.6. The van der Waals surface area contributed by atoms with Crippen LogP contribution in [0.2, 0.25) is 0 Å². The fourth-order valence-corrected chi connectivity index (χ4v) is 1.11. The summed E-state index contributed by atoms with van der Waals surface area (Å²) < 4.78 is 37.2. The summed E-state index contributed by atoms with van der Waals surface area (Å²) in [6, 6.07) is 0.386. The maximum absolute atomic E-state index is 12.1. The van der Waals surface area contributed by atoms with Crippen molar-refractivity contribution in [3.05, 3.63) is 32.6 Å². The van der Waals surface area contributed by atoms with Crippen LogP contribution in [0.1, 0.15) is 19.0 Å². The number of aromatic nitrogens is 2. The zero-order valence-corrected chi connectivity index (χ0v) is 7.89. The molecule has 0 bridgehead atoms. The van der Waals surface area contributed by atoms with E-state index in [-0.39, 0.29) is 6.54 Å². The van der Waals surface area contributed by atoms with E-state index in [0.29, 0.717) is 12.5 Å². The van der Waals surface area contributed by atoms with Crippen molar-refractivity contribution in [2.24, 2.45) is 0 Å². The van der Waals surface area contributed by atoms with Crippen molar-refractivity contribution >= 4 is 0 Å². The summed E-state index contributed by atoms with van der Waals surface area (Å²) in [6.07, 6.45) is -4.21. The van der Waals surface area contributed by atoms with E-state index in [0.717, 1.165) is 4.57 Å². The van der Waals surface area contributed by atoms with Crippen molar-refractivity contribution in [1.82, 2.24) is 9.55 Å². The molecule has 1 aromatic heterocycles. The lowest BCUT2D eigenvalue weighted by atomic mass is 10.4. The van der Waals surface area contributed by atoms with Crippen LogP contribution in [0.15, 0.2) is 15.7 Å². The normalized spacial score (nSPS) is 11.7. The number of H-pyrrole nitrogens is 1. The van der Waals surface area contributed by atoms with Gasteiger partial charge in [-0.05, 0) is 6.42 Å². The molecular formula is C8H9F3N2O2. The molecule has 0 fully saturated rings. The fraction of sp³-hybridized carbons (Fsp3) is 0.500. The molecule has 0 aromatic carbocycles. The number of rotatable bonds is 2. The first kappa shape index (κ1) is 11.5. The Morgan fingerprint density at radius 2 is 2.00 bits per heavy atom. The summed E-state index contributed by atoms with van der Waals surface area (Å²) >= 11 is 0. The molecule has 4 nitrogen and oxygen atoms in total. The molecule has 1 aromatic rings. The van der Waals surface area contributed by atoms with E-state index in [4.69, 9.17) is 0 Å². The standard InChI is InChI=1S/C8H9F3N2O2/c1-2-3-13-6(14)4-5(8(9,10)11)12-7(13)15/h4H,2-3H2,1H3,(H,12,15). The van der Waals surface area contributed by atoms with Gasteiger partial charge in [0.05, 0.1) is 0 Å². The number of nitrogens with zero attached hydrogens (tertiary/aromatic N) is 1. The molecule has 0 aliphatic heterocycles. The molecule has 7 heteroatoms. The Kier molecular flexibility index (Phi) is 3.01. The van der Waals surface area contributed by atoms with Crippen LogP contribution in [0.25, 0.3) is 0 Å². The Morgan fingerprint density at radius 1 is 1.40 bits per heavy atom. The highest BCUT2D eigenvalue weighted by Crippen LogP contribution is 2.25. The van der Waals surface area contributed by atoms with Crippen molar-refractivity contribution in [2.75, 3.05) is 0 Å². The monoisotopic (exact) mass is 222 g/mol. The largest absolute Gasteiger partial charge is 0.431 e. The molecule has 15 heavy (non-hydrogen) atoms. The first-order valence-corrected chi connectivity index (χ1v) is 4.27. The molecule has 0 saturated heterocycles. The van der Waals surface area contributed by atoms with Crippen LogP contribution in [0.5, 0.6) is 0 Å². The second-order valence-corrected chi connectivity index (χ2v) is 2.98. The van der Waals surface area contributed by atoms with E-state index < -0.39 is 23.1 Å². The van der Waals surface area contributed by atoms with Gasteiger partial charge in [-0.3, -0.25) is 9.36 Å². The fourth-order valence-electron chi connectivity index (χ4n) is 1.11. The van der Waals surface area contributed by atoms with E-state index in [9.17, 15) is 22.8 Å². The van der Waals surface area contributed by atoms with Gasteiger partial charge in [-0.25, -0.2) is 4.79 Å². The first-order valence-electron chi connectivity index (χ1n) is 4.27. The number of nitrogens with one attached hydrogen (secondary N) is 1. The molecule has 0 amide bonds. The Morgan fingerprint density at radius 3 is 2.40 bits per heavy atom. The average Bonchev–Trinajstić information content (AvgIpc) is 2.09. The third-order valence-corrected chi connectivity index (χ3v) is 1.77. The third kappa shape index (κ3) is 2.48. The minimum Gasteiger partial charge on any atom is -0.303 e. The van der Waals surface area contributed by atoms with Gasteiger partial charge in [0.15, 0.2) is 0 Å². The van der Waals surface area contributed by atoms with Crippen LogP contribution in [-0.4, -0.2) is 9.55 Å². The Balaban J connectivity index is 3.33. The Labute approximate surface area is 82.4 Å². The Bertz CT molecular complexity index is 427. The predicted molar refractivity (Wildman–Crippen MR) is 46.6 cm³/mol. The van der Waals surface area contributed by atoms with Gasteiger partial charge >= 0.3 is 11.9 Å². The summed E-state index contributed by atoms with van der Waals surface area (Å²) in [6.45, 7) is 1.82. The molecule has 0 aliphatic rings. The lowest BCUT2D eigenvalue weighted by molar-refractivity contribution is -0.141. The molecule has 0 radical (unpaired) electrons. The molecule has 1 rings (SSSR count). The van der Waals surface area contributed by atoms with Gasteiger partial charge in [0.2, 0.25) is 0 Å². The quantitative estimate of drug-likeness (QED) is 0.810. The highest BCUT2D eigenvalue weighted by atomic mass is 19.4. The molecule has 0 spiro atoms. The van der Waals surface area contributed by atoms with Gasteiger partial charge in [0.25, 0.3) is 5.56 Å². The van der Waals surface area contributed by atoms with E-state index >= 15 is 0 Å². The SMILES string of the molecule is CCCn1c(=O)cc(C(F)(F)F)[nH]c1=O. The van der Waals surface area contributed by atoms with Gasteiger partial charge in [0, 0.05) is 12.6 Å². The van der Waals surface area contributed by atoms with Gasteiger partial charge in [-0.2, -0.15) is 13.2 Å². The number of aromatic amines is 1. The summed E-state index contributed by atoms with van der Waals surface area (Å²) in [4.78, 5) is 23.9. The van der Waals surface area contributed by atoms with Crippen molar-refractivity contribution in [2.45, 2.75) is 26.1 Å².